The molecule has 1 amide bonds. The fourth-order valence-electron chi connectivity index (χ4n) is 1.27. The van der Waals surface area contributed by atoms with Gasteiger partial charge in [-0.1, -0.05) is 6.92 Å². The number of hydrogen-bond acceptors (Lipinski definition) is 2. The monoisotopic (exact) mass is 293 g/mol. The van der Waals surface area contributed by atoms with Gasteiger partial charge in [-0.05, 0) is 34.5 Å². The van der Waals surface area contributed by atoms with Crippen molar-refractivity contribution in [3.8, 4) is 0 Å². The van der Waals surface area contributed by atoms with Crippen molar-refractivity contribution >= 4 is 33.4 Å². The summed E-state index contributed by atoms with van der Waals surface area (Å²) in [5, 5.41) is 0. The summed E-state index contributed by atoms with van der Waals surface area (Å²) >= 11 is 8.80. The molecule has 0 bridgehead atoms. The van der Waals surface area contributed by atoms with Crippen LogP contribution in [0.3, 0.4) is 0 Å². The molecule has 0 saturated heterocycles. The number of amides is 1. The first-order valence-corrected chi connectivity index (χ1v) is 6.12. The van der Waals surface area contributed by atoms with Crippen LogP contribution in [0, 0.1) is 0 Å². The summed E-state index contributed by atoms with van der Waals surface area (Å²) in [5.74, 6) is 0.678. The van der Waals surface area contributed by atoms with E-state index in [2.05, 4.69) is 15.9 Å². The summed E-state index contributed by atoms with van der Waals surface area (Å²) in [7, 11) is 0. The van der Waals surface area contributed by atoms with Crippen LogP contribution in [0.4, 0.5) is 0 Å². The summed E-state index contributed by atoms with van der Waals surface area (Å²) in [5.41, 5.74) is 0. The molecule has 1 aromatic heterocycles. The molecular weight excluding hydrogens is 281 g/mol. The standard InChI is InChI=1S/C10H13BrClNO2/c1-2-6-13(7-5-12)10(14)8-3-4-9(11)15-8/h3-4H,2,5-7H2,1H3. The summed E-state index contributed by atoms with van der Waals surface area (Å²) < 4.78 is 5.76. The van der Waals surface area contributed by atoms with Gasteiger partial charge in [-0.3, -0.25) is 4.79 Å². The molecule has 0 aliphatic rings. The van der Waals surface area contributed by atoms with E-state index in [-0.39, 0.29) is 5.91 Å². The Labute approximate surface area is 103 Å². The number of alkyl halides is 1. The quantitative estimate of drug-likeness (QED) is 0.782. The van der Waals surface area contributed by atoms with Crippen LogP contribution in [-0.4, -0.2) is 29.8 Å². The number of carbonyl (C=O) groups is 1. The maximum Gasteiger partial charge on any atom is 0.289 e. The Morgan fingerprint density at radius 3 is 2.73 bits per heavy atom. The number of rotatable bonds is 5. The lowest BCUT2D eigenvalue weighted by molar-refractivity contribution is 0.0732. The number of furan rings is 1. The Hall–Kier alpha value is -0.480. The van der Waals surface area contributed by atoms with Crippen LogP contribution in [0.2, 0.25) is 0 Å². The van der Waals surface area contributed by atoms with Gasteiger partial charge in [0.25, 0.3) is 5.91 Å². The van der Waals surface area contributed by atoms with E-state index in [1.54, 1.807) is 17.0 Å². The molecule has 0 N–H and O–H groups in total. The van der Waals surface area contributed by atoms with Gasteiger partial charge in [0.2, 0.25) is 0 Å². The maximum absolute atomic E-state index is 11.9. The lowest BCUT2D eigenvalue weighted by Crippen LogP contribution is -2.33. The molecule has 0 radical (unpaired) electrons. The van der Waals surface area contributed by atoms with Crippen molar-refractivity contribution in [3.63, 3.8) is 0 Å². The molecule has 0 fully saturated rings. The Morgan fingerprint density at radius 1 is 1.53 bits per heavy atom. The molecule has 0 aromatic carbocycles. The molecule has 1 heterocycles. The van der Waals surface area contributed by atoms with Gasteiger partial charge in [-0.2, -0.15) is 0 Å². The molecular formula is C10H13BrClNO2. The van der Waals surface area contributed by atoms with Crippen molar-refractivity contribution in [2.24, 2.45) is 0 Å². The highest BCUT2D eigenvalue weighted by atomic mass is 79.9. The average molecular weight is 295 g/mol. The van der Waals surface area contributed by atoms with Crippen LogP contribution in [0.1, 0.15) is 23.9 Å². The highest BCUT2D eigenvalue weighted by molar-refractivity contribution is 9.10. The van der Waals surface area contributed by atoms with E-state index in [4.69, 9.17) is 16.0 Å². The fourth-order valence-corrected chi connectivity index (χ4v) is 1.78. The van der Waals surface area contributed by atoms with Crippen molar-refractivity contribution in [1.29, 1.82) is 0 Å². The highest BCUT2D eigenvalue weighted by Gasteiger charge is 2.17. The van der Waals surface area contributed by atoms with E-state index >= 15 is 0 Å². The van der Waals surface area contributed by atoms with Crippen LogP contribution in [0.5, 0.6) is 0 Å². The molecule has 0 unspecified atom stereocenters. The molecule has 84 valence electrons. The minimum Gasteiger partial charge on any atom is -0.444 e. The van der Waals surface area contributed by atoms with E-state index in [1.165, 1.54) is 0 Å². The summed E-state index contributed by atoms with van der Waals surface area (Å²) in [6, 6.07) is 3.36. The lowest BCUT2D eigenvalue weighted by atomic mass is 10.3. The molecule has 3 nitrogen and oxygen atoms in total. The molecule has 1 aromatic rings. The Balaban J connectivity index is 2.71. The Morgan fingerprint density at radius 2 is 2.27 bits per heavy atom. The summed E-state index contributed by atoms with van der Waals surface area (Å²) in [6.07, 6.45) is 0.907. The fraction of sp³-hybridized carbons (Fsp3) is 0.500. The zero-order valence-electron chi connectivity index (χ0n) is 8.50. The van der Waals surface area contributed by atoms with Gasteiger partial charge in [0.15, 0.2) is 10.4 Å². The molecule has 1 rings (SSSR count). The van der Waals surface area contributed by atoms with Gasteiger partial charge < -0.3 is 9.32 Å². The van der Waals surface area contributed by atoms with Crippen molar-refractivity contribution < 1.29 is 9.21 Å². The van der Waals surface area contributed by atoms with Gasteiger partial charge in [0.05, 0.1) is 0 Å². The van der Waals surface area contributed by atoms with Crippen LogP contribution in [-0.2, 0) is 0 Å². The molecule has 0 atom stereocenters. The zero-order valence-corrected chi connectivity index (χ0v) is 10.8. The van der Waals surface area contributed by atoms with Crippen LogP contribution in [0.25, 0.3) is 0 Å². The highest BCUT2D eigenvalue weighted by Crippen LogP contribution is 2.15. The molecule has 0 aliphatic carbocycles. The van der Waals surface area contributed by atoms with E-state index in [9.17, 15) is 4.79 Å². The third-order valence-electron chi connectivity index (χ3n) is 1.92. The second-order valence-electron chi connectivity index (χ2n) is 3.08. The van der Waals surface area contributed by atoms with Crippen molar-refractivity contribution in [2.45, 2.75) is 13.3 Å². The van der Waals surface area contributed by atoms with Gasteiger partial charge in [-0.25, -0.2) is 0 Å². The molecule has 0 saturated carbocycles. The first-order chi connectivity index (χ1) is 7.19. The third-order valence-corrected chi connectivity index (χ3v) is 2.51. The van der Waals surface area contributed by atoms with E-state index in [0.29, 0.717) is 29.4 Å². The van der Waals surface area contributed by atoms with Crippen LogP contribution >= 0.6 is 27.5 Å². The van der Waals surface area contributed by atoms with Crippen molar-refractivity contribution in [1.82, 2.24) is 4.90 Å². The number of halogens is 2. The van der Waals surface area contributed by atoms with E-state index in [1.807, 2.05) is 6.92 Å². The van der Waals surface area contributed by atoms with Gasteiger partial charge in [0, 0.05) is 19.0 Å². The minimum absolute atomic E-state index is 0.108. The smallest absolute Gasteiger partial charge is 0.289 e. The van der Waals surface area contributed by atoms with E-state index in [0.717, 1.165) is 6.42 Å². The van der Waals surface area contributed by atoms with E-state index < -0.39 is 0 Å². The second kappa shape index (κ2) is 6.18. The summed E-state index contributed by atoms with van der Waals surface area (Å²) in [6.45, 7) is 3.27. The Kier molecular flexibility index (Phi) is 5.19. The van der Waals surface area contributed by atoms with Crippen LogP contribution < -0.4 is 0 Å². The minimum atomic E-state index is -0.108. The number of carbonyl (C=O) groups excluding carboxylic acids is 1. The SMILES string of the molecule is CCCN(CCCl)C(=O)c1ccc(Br)o1. The topological polar surface area (TPSA) is 33.5 Å². The molecule has 0 aliphatic heterocycles. The first kappa shape index (κ1) is 12.6. The van der Waals surface area contributed by atoms with Crippen molar-refractivity contribution in [2.75, 3.05) is 19.0 Å². The largest absolute Gasteiger partial charge is 0.444 e. The molecule has 0 spiro atoms. The first-order valence-electron chi connectivity index (χ1n) is 4.79. The lowest BCUT2D eigenvalue weighted by Gasteiger charge is -2.19. The Bertz CT molecular complexity index is 321. The normalized spacial score (nSPS) is 10.3. The zero-order chi connectivity index (χ0) is 11.3. The molecule has 5 heteroatoms. The van der Waals surface area contributed by atoms with Gasteiger partial charge in [-0.15, -0.1) is 11.6 Å². The predicted molar refractivity (Wildman–Crippen MR) is 63.3 cm³/mol. The van der Waals surface area contributed by atoms with Gasteiger partial charge in [0.1, 0.15) is 0 Å². The third kappa shape index (κ3) is 3.54. The predicted octanol–water partition coefficient (Wildman–Crippen LogP) is 3.13. The number of hydrogen-bond donors (Lipinski definition) is 0. The van der Waals surface area contributed by atoms with Crippen LogP contribution in [0.15, 0.2) is 21.2 Å². The summed E-state index contributed by atoms with van der Waals surface area (Å²) in [4.78, 5) is 13.6. The second-order valence-corrected chi connectivity index (χ2v) is 4.24. The average Bonchev–Trinajstić information content (AvgIpc) is 2.63. The number of nitrogens with zero attached hydrogens (tertiary/aromatic N) is 1. The van der Waals surface area contributed by atoms with Gasteiger partial charge >= 0.3 is 0 Å². The maximum atomic E-state index is 11.9. The van der Waals surface area contributed by atoms with Crippen molar-refractivity contribution in [3.05, 3.63) is 22.6 Å². The molecule has 15 heavy (non-hydrogen) atoms.